The minimum atomic E-state index is -1.76. The van der Waals surface area contributed by atoms with E-state index in [1.165, 1.54) is 21.0 Å². The Labute approximate surface area is 134 Å². The third-order valence-electron chi connectivity index (χ3n) is 3.40. The molecule has 0 N–H and O–H groups in total. The Bertz CT molecular complexity index is 490. The molecule has 5 heteroatoms. The third kappa shape index (κ3) is 5.34. The van der Waals surface area contributed by atoms with Crippen molar-refractivity contribution in [2.24, 2.45) is 0 Å². The second-order valence-electron chi connectivity index (χ2n) is 5.83. The first-order valence-corrected chi connectivity index (χ1v) is 13.1. The molecular formula is C16H25NO3Sn. The molecule has 1 aliphatic heterocycles. The average Bonchev–Trinajstić information content (AvgIpc) is 2.82. The van der Waals surface area contributed by atoms with Crippen molar-refractivity contribution in [3.05, 3.63) is 18.2 Å². The van der Waals surface area contributed by atoms with Gasteiger partial charge in [0.1, 0.15) is 0 Å². The van der Waals surface area contributed by atoms with Crippen LogP contribution in [0.25, 0.3) is 0 Å². The summed E-state index contributed by atoms with van der Waals surface area (Å²) in [7, 11) is 0. The molecule has 0 aliphatic carbocycles. The molecule has 0 amide bonds. The van der Waals surface area contributed by atoms with Crippen LogP contribution in [0.4, 0.5) is 0 Å². The van der Waals surface area contributed by atoms with E-state index in [0.717, 1.165) is 0 Å². The average molecular weight is 398 g/mol. The zero-order valence-corrected chi connectivity index (χ0v) is 16.1. The summed E-state index contributed by atoms with van der Waals surface area (Å²) in [6.45, 7) is 7.10. The summed E-state index contributed by atoms with van der Waals surface area (Å²) in [6, 6.07) is 6.02. The number of unbranched alkanes of at least 4 members (excludes halogenated alkanes) is 1. The van der Waals surface area contributed by atoms with Crippen LogP contribution in [0.5, 0.6) is 5.88 Å². The first kappa shape index (κ1) is 16.9. The molecule has 2 rings (SSSR count). The van der Waals surface area contributed by atoms with Crippen molar-refractivity contribution >= 4 is 27.5 Å². The van der Waals surface area contributed by atoms with Crippen molar-refractivity contribution in [2.45, 2.75) is 49.9 Å². The first-order valence-electron chi connectivity index (χ1n) is 7.60. The van der Waals surface area contributed by atoms with Gasteiger partial charge in [0, 0.05) is 0 Å². The van der Waals surface area contributed by atoms with E-state index in [0.29, 0.717) is 19.1 Å². The van der Waals surface area contributed by atoms with Crippen molar-refractivity contribution in [2.75, 3.05) is 13.2 Å². The van der Waals surface area contributed by atoms with Crippen LogP contribution in [-0.4, -0.2) is 53.9 Å². The van der Waals surface area contributed by atoms with Gasteiger partial charge >= 0.3 is 134 Å². The second kappa shape index (κ2) is 7.70. The number of nitrogens with zero attached hydrogens (tertiary/aromatic N) is 1. The molecule has 1 fully saturated rings. The van der Waals surface area contributed by atoms with E-state index in [9.17, 15) is 0 Å². The van der Waals surface area contributed by atoms with Crippen molar-refractivity contribution in [3.8, 4) is 5.88 Å². The Hall–Kier alpha value is -0.461. The molecule has 4 nitrogen and oxygen atoms in total. The summed E-state index contributed by atoms with van der Waals surface area (Å²) < 4.78 is 23.8. The van der Waals surface area contributed by atoms with Gasteiger partial charge in [-0.3, -0.25) is 0 Å². The molecule has 0 bridgehead atoms. The van der Waals surface area contributed by atoms with Gasteiger partial charge in [-0.15, -0.1) is 0 Å². The van der Waals surface area contributed by atoms with Crippen molar-refractivity contribution in [1.29, 1.82) is 0 Å². The number of pyridine rings is 1. The van der Waals surface area contributed by atoms with Crippen molar-refractivity contribution in [3.63, 3.8) is 0 Å². The van der Waals surface area contributed by atoms with Crippen LogP contribution in [0.2, 0.25) is 4.44 Å². The van der Waals surface area contributed by atoms with E-state index in [1.807, 2.05) is 26.0 Å². The molecule has 1 atom stereocenters. The van der Waals surface area contributed by atoms with Crippen LogP contribution >= 0.6 is 0 Å². The van der Waals surface area contributed by atoms with Gasteiger partial charge in [0.05, 0.1) is 0 Å². The molecule has 1 aliphatic rings. The molecule has 0 spiro atoms. The fourth-order valence-electron chi connectivity index (χ4n) is 2.23. The number of aromatic nitrogens is 1. The minimum absolute atomic E-state index is 0.0246. The van der Waals surface area contributed by atoms with E-state index < -0.39 is 25.1 Å². The fourth-order valence-corrected chi connectivity index (χ4v) is 6.91. The maximum atomic E-state index is 5.77. The maximum absolute atomic E-state index is 5.77. The van der Waals surface area contributed by atoms with Crippen LogP contribution in [-0.2, 0) is 9.47 Å². The van der Waals surface area contributed by atoms with Gasteiger partial charge < -0.3 is 0 Å². The molecule has 1 saturated heterocycles. The number of ether oxygens (including phenoxy) is 3. The van der Waals surface area contributed by atoms with Crippen molar-refractivity contribution in [1.82, 2.24) is 4.98 Å². The predicted octanol–water partition coefficient (Wildman–Crippen LogP) is 2.13. The number of rotatable bonds is 7. The summed E-state index contributed by atoms with van der Waals surface area (Å²) in [5, 5.41) is 0. The Balaban J connectivity index is 1.88. The van der Waals surface area contributed by atoms with Gasteiger partial charge in [0.15, 0.2) is 0 Å². The Morgan fingerprint density at radius 2 is 2.29 bits per heavy atom. The van der Waals surface area contributed by atoms with Crippen LogP contribution in [0.3, 0.4) is 0 Å². The monoisotopic (exact) mass is 399 g/mol. The normalized spacial score (nSPS) is 20.4. The molecule has 2 heterocycles. The van der Waals surface area contributed by atoms with Crippen LogP contribution in [0.15, 0.2) is 18.2 Å². The topological polar surface area (TPSA) is 40.6 Å². The van der Waals surface area contributed by atoms with Crippen molar-refractivity contribution < 1.29 is 14.2 Å². The van der Waals surface area contributed by atoms with Gasteiger partial charge in [-0.25, -0.2) is 0 Å². The Morgan fingerprint density at radius 1 is 1.48 bits per heavy atom. The summed E-state index contributed by atoms with van der Waals surface area (Å²) in [5.41, 5.74) is 0. The summed E-state index contributed by atoms with van der Waals surface area (Å²) in [4.78, 5) is 4.63. The Morgan fingerprint density at radius 3 is 2.95 bits per heavy atom. The molecule has 0 unspecified atom stereocenters. The van der Waals surface area contributed by atoms with Gasteiger partial charge in [0.25, 0.3) is 0 Å². The van der Waals surface area contributed by atoms with Crippen LogP contribution in [0.1, 0.15) is 33.6 Å². The predicted molar refractivity (Wildman–Crippen MR) is 86.9 cm³/mol. The number of hydrogen-bond acceptors (Lipinski definition) is 4. The van der Waals surface area contributed by atoms with Crippen LogP contribution < -0.4 is 8.45 Å². The molecular weight excluding hydrogens is 373 g/mol. The third-order valence-corrected chi connectivity index (χ3v) is 9.00. The molecule has 1 aromatic rings. The van der Waals surface area contributed by atoms with Gasteiger partial charge in [-0.05, 0) is 0 Å². The standard InChI is InChI=1S/C11H14NO3.C4H9.CH2.Sn/c1-11(2)14-8-9(15-11)7-13-10-5-3-4-6-12-10;1-3-4-2;;/h3-5,9H,7-8H2,1-2H3;1,3-4H2,2H3;1H2;/t9-;;;/m0.../s1. The molecule has 21 heavy (non-hydrogen) atoms. The SMILES string of the molecule is [CH2]=[Sn]([CH2]CCC)[c]1cccc(OC[C@H]2COC(C)(C)O2)n1. The first-order chi connectivity index (χ1) is 10.00. The molecule has 0 saturated carbocycles. The fraction of sp³-hybridized carbons (Fsp3) is 0.625. The van der Waals surface area contributed by atoms with E-state index in [2.05, 4.69) is 22.5 Å². The summed E-state index contributed by atoms with van der Waals surface area (Å²) in [5.74, 6) is 0.177. The summed E-state index contributed by atoms with van der Waals surface area (Å²) >= 11 is -1.76. The summed E-state index contributed by atoms with van der Waals surface area (Å²) in [6.07, 6.45) is 2.46. The van der Waals surface area contributed by atoms with E-state index in [-0.39, 0.29) is 6.10 Å². The van der Waals surface area contributed by atoms with Gasteiger partial charge in [-0.2, -0.15) is 0 Å². The van der Waals surface area contributed by atoms with E-state index in [1.54, 1.807) is 0 Å². The van der Waals surface area contributed by atoms with Crippen LogP contribution in [0, 0.1) is 0 Å². The Kier molecular flexibility index (Phi) is 6.19. The molecule has 116 valence electrons. The molecule has 0 radical (unpaired) electrons. The second-order valence-corrected chi connectivity index (χ2v) is 12.2. The molecule has 0 aromatic carbocycles. The quantitative estimate of drug-likeness (QED) is 0.661. The van der Waals surface area contributed by atoms with E-state index >= 15 is 0 Å². The van der Waals surface area contributed by atoms with Gasteiger partial charge in [-0.1, -0.05) is 0 Å². The zero-order valence-electron chi connectivity index (χ0n) is 13.2. The number of hydrogen-bond donors (Lipinski definition) is 0. The van der Waals surface area contributed by atoms with E-state index in [4.69, 9.17) is 14.2 Å². The zero-order chi connectivity index (χ0) is 15.3. The van der Waals surface area contributed by atoms with Gasteiger partial charge in [0.2, 0.25) is 0 Å². The molecule has 1 aromatic heterocycles.